The number of aliphatic carboxylic acids is 1. The van der Waals surface area contributed by atoms with Gasteiger partial charge in [-0.25, -0.2) is 0 Å². The molecule has 1 N–H and O–H groups in total. The molecule has 19 heavy (non-hydrogen) atoms. The molecule has 5 nitrogen and oxygen atoms in total. The Morgan fingerprint density at radius 3 is 2.37 bits per heavy atom. The summed E-state index contributed by atoms with van der Waals surface area (Å²) in [6, 6.07) is 8.15. The van der Waals surface area contributed by atoms with Crippen LogP contribution in [0.5, 0.6) is 0 Å². The number of aryl methyl sites for hydroxylation is 1. The van der Waals surface area contributed by atoms with E-state index in [9.17, 15) is 9.59 Å². The van der Waals surface area contributed by atoms with Crippen molar-refractivity contribution in [1.29, 1.82) is 0 Å². The Morgan fingerprint density at radius 1 is 1.16 bits per heavy atom. The number of rotatable bonds is 3. The van der Waals surface area contributed by atoms with Crippen molar-refractivity contribution < 1.29 is 14.7 Å². The van der Waals surface area contributed by atoms with Crippen LogP contribution in [-0.2, 0) is 9.59 Å². The number of nitrogens with zero attached hydrogens (tertiary/aromatic N) is 2. The minimum atomic E-state index is -1.06. The fourth-order valence-electron chi connectivity index (χ4n) is 2.36. The maximum absolute atomic E-state index is 11.6. The number of amides is 1. The number of carbonyl (C=O) groups is 2. The molecular formula is C14H18N2O3. The Labute approximate surface area is 112 Å². The van der Waals surface area contributed by atoms with E-state index in [0.29, 0.717) is 13.1 Å². The zero-order valence-corrected chi connectivity index (χ0v) is 11.0. The SMILES string of the molecule is Cc1ccccc1N1CCN(C(=O)CC(=O)O)CC1. The van der Waals surface area contributed by atoms with E-state index < -0.39 is 12.4 Å². The first-order valence-electron chi connectivity index (χ1n) is 6.38. The van der Waals surface area contributed by atoms with Crippen molar-refractivity contribution in [2.75, 3.05) is 31.1 Å². The summed E-state index contributed by atoms with van der Waals surface area (Å²) in [6.45, 7) is 4.73. The van der Waals surface area contributed by atoms with Crippen LogP contribution in [-0.4, -0.2) is 48.1 Å². The van der Waals surface area contributed by atoms with Crippen LogP contribution >= 0.6 is 0 Å². The molecule has 1 amide bonds. The molecule has 1 aliphatic heterocycles. The van der Waals surface area contributed by atoms with Gasteiger partial charge in [-0.2, -0.15) is 0 Å². The van der Waals surface area contributed by atoms with Crippen LogP contribution in [0, 0.1) is 6.92 Å². The molecule has 102 valence electrons. The molecule has 0 saturated carbocycles. The predicted molar refractivity (Wildman–Crippen MR) is 72.2 cm³/mol. The van der Waals surface area contributed by atoms with Crippen molar-refractivity contribution in [3.05, 3.63) is 29.8 Å². The maximum atomic E-state index is 11.6. The van der Waals surface area contributed by atoms with Crippen LogP contribution in [0.2, 0.25) is 0 Å². The average molecular weight is 262 g/mol. The van der Waals surface area contributed by atoms with Crippen LogP contribution in [0.4, 0.5) is 5.69 Å². The zero-order chi connectivity index (χ0) is 13.8. The highest BCUT2D eigenvalue weighted by atomic mass is 16.4. The summed E-state index contributed by atoms with van der Waals surface area (Å²) in [5.74, 6) is -1.36. The van der Waals surface area contributed by atoms with Gasteiger partial charge in [-0.1, -0.05) is 18.2 Å². The van der Waals surface area contributed by atoms with Gasteiger partial charge in [-0.3, -0.25) is 9.59 Å². The van der Waals surface area contributed by atoms with E-state index in [0.717, 1.165) is 13.1 Å². The van der Waals surface area contributed by atoms with Crippen LogP contribution in [0.15, 0.2) is 24.3 Å². The molecule has 1 saturated heterocycles. The van der Waals surface area contributed by atoms with Gasteiger partial charge in [0.05, 0.1) is 0 Å². The summed E-state index contributed by atoms with van der Waals surface area (Å²) in [4.78, 5) is 26.0. The minimum Gasteiger partial charge on any atom is -0.481 e. The second-order valence-electron chi connectivity index (χ2n) is 4.72. The van der Waals surface area contributed by atoms with E-state index in [1.54, 1.807) is 4.90 Å². The maximum Gasteiger partial charge on any atom is 0.312 e. The molecule has 1 fully saturated rings. The molecule has 0 atom stereocenters. The first-order chi connectivity index (χ1) is 9.08. The van der Waals surface area contributed by atoms with Gasteiger partial charge >= 0.3 is 5.97 Å². The summed E-state index contributed by atoms with van der Waals surface area (Å²) in [6.07, 6.45) is -0.412. The highest BCUT2D eigenvalue weighted by Gasteiger charge is 2.23. The first kappa shape index (κ1) is 13.4. The number of carboxylic acids is 1. The molecule has 1 aliphatic rings. The fraction of sp³-hybridized carbons (Fsp3) is 0.429. The van der Waals surface area contributed by atoms with Gasteiger partial charge in [0, 0.05) is 31.9 Å². The number of para-hydroxylation sites is 1. The van der Waals surface area contributed by atoms with Crippen molar-refractivity contribution in [2.24, 2.45) is 0 Å². The number of benzene rings is 1. The normalized spacial score (nSPS) is 15.4. The molecular weight excluding hydrogens is 244 g/mol. The molecule has 1 heterocycles. The summed E-state index contributed by atoms with van der Waals surface area (Å²) in [7, 11) is 0. The Hall–Kier alpha value is -2.04. The zero-order valence-electron chi connectivity index (χ0n) is 11.0. The van der Waals surface area contributed by atoms with Crippen LogP contribution in [0.25, 0.3) is 0 Å². The van der Waals surface area contributed by atoms with E-state index in [-0.39, 0.29) is 5.91 Å². The number of carboxylic acid groups (broad SMARTS) is 1. The van der Waals surface area contributed by atoms with Gasteiger partial charge in [-0.05, 0) is 18.6 Å². The number of carbonyl (C=O) groups excluding carboxylic acids is 1. The van der Waals surface area contributed by atoms with E-state index in [4.69, 9.17) is 5.11 Å². The van der Waals surface area contributed by atoms with E-state index >= 15 is 0 Å². The van der Waals surface area contributed by atoms with Gasteiger partial charge in [0.2, 0.25) is 5.91 Å². The Balaban J connectivity index is 1.94. The Bertz CT molecular complexity index is 479. The van der Waals surface area contributed by atoms with Crippen molar-refractivity contribution >= 4 is 17.6 Å². The third-order valence-corrected chi connectivity index (χ3v) is 3.39. The summed E-state index contributed by atoms with van der Waals surface area (Å²) in [5, 5.41) is 8.62. The van der Waals surface area contributed by atoms with Gasteiger partial charge in [0.15, 0.2) is 0 Å². The molecule has 1 aromatic rings. The predicted octanol–water partition coefficient (Wildman–Crippen LogP) is 1.12. The van der Waals surface area contributed by atoms with E-state index in [1.165, 1.54) is 11.3 Å². The average Bonchev–Trinajstić information content (AvgIpc) is 2.39. The third-order valence-electron chi connectivity index (χ3n) is 3.39. The second-order valence-corrected chi connectivity index (χ2v) is 4.72. The molecule has 2 rings (SSSR count). The summed E-state index contributed by atoms with van der Waals surface area (Å²) < 4.78 is 0. The van der Waals surface area contributed by atoms with Crippen molar-refractivity contribution in [3.8, 4) is 0 Å². The molecule has 0 unspecified atom stereocenters. The number of hydrogen-bond acceptors (Lipinski definition) is 3. The molecule has 0 aromatic heterocycles. The molecule has 0 radical (unpaired) electrons. The lowest BCUT2D eigenvalue weighted by Gasteiger charge is -2.36. The highest BCUT2D eigenvalue weighted by molar-refractivity contribution is 5.93. The largest absolute Gasteiger partial charge is 0.481 e. The lowest BCUT2D eigenvalue weighted by Crippen LogP contribution is -2.49. The minimum absolute atomic E-state index is 0.295. The van der Waals surface area contributed by atoms with Crippen molar-refractivity contribution in [3.63, 3.8) is 0 Å². The lowest BCUT2D eigenvalue weighted by molar-refractivity contribution is -0.144. The number of hydrogen-bond donors (Lipinski definition) is 1. The van der Waals surface area contributed by atoms with Gasteiger partial charge < -0.3 is 14.9 Å². The monoisotopic (exact) mass is 262 g/mol. The van der Waals surface area contributed by atoms with E-state index in [1.807, 2.05) is 12.1 Å². The smallest absolute Gasteiger partial charge is 0.312 e. The fourth-order valence-corrected chi connectivity index (χ4v) is 2.36. The van der Waals surface area contributed by atoms with Crippen molar-refractivity contribution in [2.45, 2.75) is 13.3 Å². The summed E-state index contributed by atoms with van der Waals surface area (Å²) in [5.41, 5.74) is 2.40. The van der Waals surface area contributed by atoms with Gasteiger partial charge in [-0.15, -0.1) is 0 Å². The topological polar surface area (TPSA) is 60.9 Å². The van der Waals surface area contributed by atoms with Crippen LogP contribution < -0.4 is 4.90 Å². The molecule has 0 aliphatic carbocycles. The van der Waals surface area contributed by atoms with Gasteiger partial charge in [0.25, 0.3) is 0 Å². The number of anilines is 1. The third kappa shape index (κ3) is 3.24. The van der Waals surface area contributed by atoms with Crippen LogP contribution in [0.3, 0.4) is 0 Å². The molecule has 5 heteroatoms. The van der Waals surface area contributed by atoms with Crippen molar-refractivity contribution in [1.82, 2.24) is 4.90 Å². The Morgan fingerprint density at radius 2 is 1.79 bits per heavy atom. The molecule has 0 spiro atoms. The van der Waals surface area contributed by atoms with Crippen LogP contribution in [0.1, 0.15) is 12.0 Å². The van der Waals surface area contributed by atoms with E-state index in [2.05, 4.69) is 24.0 Å². The standard InChI is InChI=1S/C14H18N2O3/c1-11-4-2-3-5-12(11)15-6-8-16(9-7-15)13(17)10-14(18)19/h2-5H,6-10H2,1H3,(H,18,19). The molecule has 0 bridgehead atoms. The lowest BCUT2D eigenvalue weighted by atomic mass is 10.1. The highest BCUT2D eigenvalue weighted by Crippen LogP contribution is 2.20. The second kappa shape index (κ2) is 5.73. The first-order valence-corrected chi connectivity index (χ1v) is 6.38. The summed E-state index contributed by atoms with van der Waals surface area (Å²) >= 11 is 0. The quantitative estimate of drug-likeness (QED) is 0.829. The Kier molecular flexibility index (Phi) is 4.04. The molecule has 1 aromatic carbocycles. The number of piperazine rings is 1. The van der Waals surface area contributed by atoms with Gasteiger partial charge in [0.1, 0.15) is 6.42 Å².